The molecule has 0 radical (unpaired) electrons. The molecule has 0 fully saturated rings. The molecule has 1 aliphatic rings. The van der Waals surface area contributed by atoms with Gasteiger partial charge in [-0.25, -0.2) is 0 Å². The Morgan fingerprint density at radius 1 is 0.531 bits per heavy atom. The molecular weight excluding hydrogens is 388 g/mol. The van der Waals surface area contributed by atoms with E-state index in [1.807, 2.05) is 0 Å². The van der Waals surface area contributed by atoms with Crippen LogP contribution in [0.3, 0.4) is 0 Å². The van der Waals surface area contributed by atoms with Crippen molar-refractivity contribution >= 4 is 0 Å². The summed E-state index contributed by atoms with van der Waals surface area (Å²) in [5, 5.41) is 0. The van der Waals surface area contributed by atoms with Crippen molar-refractivity contribution in [2.75, 3.05) is 6.54 Å². The minimum Gasteiger partial charge on any atom is -0.356 e. The van der Waals surface area contributed by atoms with Gasteiger partial charge in [-0.15, -0.1) is 0 Å². The smallest absolute Gasteiger partial charge is 0.101 e. The van der Waals surface area contributed by atoms with E-state index in [2.05, 4.69) is 49.9 Å². The van der Waals surface area contributed by atoms with Gasteiger partial charge in [0.1, 0.15) is 6.17 Å². The molecule has 1 rings (SSSR count). The van der Waals surface area contributed by atoms with Gasteiger partial charge in [0.15, 0.2) is 0 Å². The molecule has 0 aromatic carbocycles. The van der Waals surface area contributed by atoms with E-state index in [4.69, 9.17) is 0 Å². The topological polar surface area (TPSA) is 6.48 Å². The maximum absolute atomic E-state index is 2.65. The molecule has 0 bridgehead atoms. The number of rotatable bonds is 23. The molecule has 0 aromatic rings. The van der Waals surface area contributed by atoms with Crippen molar-refractivity contribution < 1.29 is 0 Å². The molecule has 0 saturated carbocycles. The van der Waals surface area contributed by atoms with Gasteiger partial charge in [0.25, 0.3) is 0 Å². The van der Waals surface area contributed by atoms with E-state index in [1.165, 1.54) is 141 Å². The first kappa shape index (κ1) is 29.4. The minimum absolute atomic E-state index is 0.608. The van der Waals surface area contributed by atoms with E-state index in [9.17, 15) is 0 Å². The third-order valence-electron chi connectivity index (χ3n) is 7.34. The van der Waals surface area contributed by atoms with Crippen molar-refractivity contribution in [3.05, 3.63) is 12.4 Å². The first-order valence-corrected chi connectivity index (χ1v) is 14.9. The second kappa shape index (κ2) is 20.9. The fourth-order valence-corrected chi connectivity index (χ4v) is 5.18. The molecular formula is C30H60N2. The van der Waals surface area contributed by atoms with Gasteiger partial charge in [-0.1, -0.05) is 129 Å². The average Bonchev–Trinajstić information content (AvgIpc) is 3.19. The van der Waals surface area contributed by atoms with Gasteiger partial charge < -0.3 is 9.80 Å². The molecule has 1 aliphatic heterocycles. The van der Waals surface area contributed by atoms with Crippen LogP contribution in [0.15, 0.2) is 12.4 Å². The van der Waals surface area contributed by atoms with E-state index in [0.29, 0.717) is 12.2 Å². The largest absolute Gasteiger partial charge is 0.356 e. The first-order chi connectivity index (χ1) is 15.7. The van der Waals surface area contributed by atoms with E-state index < -0.39 is 0 Å². The Balaban J connectivity index is 2.10. The number of hydrogen-bond donors (Lipinski definition) is 0. The normalized spacial score (nSPS) is 16.1. The molecule has 2 heteroatoms. The van der Waals surface area contributed by atoms with Gasteiger partial charge in [0.2, 0.25) is 0 Å². The summed E-state index contributed by atoms with van der Waals surface area (Å²) in [6.07, 6.45) is 35.3. The van der Waals surface area contributed by atoms with Crippen LogP contribution >= 0.6 is 0 Å². The third-order valence-corrected chi connectivity index (χ3v) is 7.34. The van der Waals surface area contributed by atoms with Crippen LogP contribution in [-0.2, 0) is 0 Å². The van der Waals surface area contributed by atoms with Crippen molar-refractivity contribution in [2.24, 2.45) is 0 Å². The fourth-order valence-electron chi connectivity index (χ4n) is 5.18. The Bertz CT molecular complexity index is 417. The van der Waals surface area contributed by atoms with Crippen molar-refractivity contribution in [1.82, 2.24) is 9.80 Å². The van der Waals surface area contributed by atoms with Crippen LogP contribution in [0.25, 0.3) is 0 Å². The maximum Gasteiger partial charge on any atom is 0.101 e. The van der Waals surface area contributed by atoms with Gasteiger partial charge in [0, 0.05) is 25.0 Å². The Kier molecular flexibility index (Phi) is 19.2. The van der Waals surface area contributed by atoms with Crippen LogP contribution in [0.1, 0.15) is 163 Å². The van der Waals surface area contributed by atoms with Crippen LogP contribution in [0, 0.1) is 0 Å². The lowest BCUT2D eigenvalue weighted by molar-refractivity contribution is 0.114. The summed E-state index contributed by atoms with van der Waals surface area (Å²) < 4.78 is 0. The van der Waals surface area contributed by atoms with Crippen molar-refractivity contribution in [3.63, 3.8) is 0 Å². The molecule has 2 nitrogen and oxygen atoms in total. The second-order valence-electron chi connectivity index (χ2n) is 10.7. The number of hydrogen-bond acceptors (Lipinski definition) is 2. The summed E-state index contributed by atoms with van der Waals surface area (Å²) in [6, 6.07) is 0.608. The Hall–Kier alpha value is -0.660. The van der Waals surface area contributed by atoms with E-state index in [0.717, 1.165) is 0 Å². The van der Waals surface area contributed by atoms with Gasteiger partial charge >= 0.3 is 0 Å². The second-order valence-corrected chi connectivity index (χ2v) is 10.7. The molecule has 1 unspecified atom stereocenters. The zero-order chi connectivity index (χ0) is 23.3. The van der Waals surface area contributed by atoms with Crippen LogP contribution in [0.2, 0.25) is 0 Å². The molecule has 0 spiro atoms. The zero-order valence-electron chi connectivity index (χ0n) is 22.8. The lowest BCUT2D eigenvalue weighted by atomic mass is 10.0. The summed E-state index contributed by atoms with van der Waals surface area (Å²) >= 11 is 0. The van der Waals surface area contributed by atoms with E-state index in [1.54, 1.807) is 0 Å². The highest BCUT2D eigenvalue weighted by molar-refractivity contribution is 4.98. The highest BCUT2D eigenvalue weighted by atomic mass is 15.4. The van der Waals surface area contributed by atoms with Gasteiger partial charge in [-0.2, -0.15) is 0 Å². The highest BCUT2D eigenvalue weighted by Crippen LogP contribution is 2.25. The lowest BCUT2D eigenvalue weighted by Crippen LogP contribution is -2.42. The Morgan fingerprint density at radius 3 is 1.38 bits per heavy atom. The standard InChI is InChI=1S/C30H60N2/c1-5-7-9-11-13-15-16-18-20-22-24-26-31-27-28-32(29(3)4)30(31)25-23-21-19-17-14-12-10-8-6-2/h27-30H,5-26H2,1-4H3. The average molecular weight is 449 g/mol. The quantitative estimate of drug-likeness (QED) is 0.143. The summed E-state index contributed by atoms with van der Waals surface area (Å²) in [4.78, 5) is 5.25. The van der Waals surface area contributed by atoms with Gasteiger partial charge in [0.05, 0.1) is 0 Å². The molecule has 1 atom stereocenters. The summed E-state index contributed by atoms with van der Waals surface area (Å²) in [6.45, 7) is 10.5. The predicted octanol–water partition coefficient (Wildman–Crippen LogP) is 10.0. The Morgan fingerprint density at radius 2 is 0.938 bits per heavy atom. The molecule has 32 heavy (non-hydrogen) atoms. The molecule has 190 valence electrons. The fraction of sp³-hybridized carbons (Fsp3) is 0.933. The van der Waals surface area contributed by atoms with E-state index >= 15 is 0 Å². The minimum atomic E-state index is 0.608. The maximum atomic E-state index is 2.65. The summed E-state index contributed by atoms with van der Waals surface area (Å²) in [5.74, 6) is 0. The molecule has 0 aromatic heterocycles. The van der Waals surface area contributed by atoms with Crippen molar-refractivity contribution in [3.8, 4) is 0 Å². The molecule has 1 heterocycles. The van der Waals surface area contributed by atoms with Gasteiger partial charge in [-0.05, 0) is 33.1 Å². The lowest BCUT2D eigenvalue weighted by Gasteiger charge is -2.35. The van der Waals surface area contributed by atoms with Crippen molar-refractivity contribution in [2.45, 2.75) is 175 Å². The van der Waals surface area contributed by atoms with Crippen LogP contribution in [0.5, 0.6) is 0 Å². The molecule has 0 amide bonds. The molecule has 0 N–H and O–H groups in total. The summed E-state index contributed by atoms with van der Waals surface area (Å²) in [7, 11) is 0. The SMILES string of the molecule is CCCCCCCCCCCCCN1C=CN(C(C)C)C1CCCCCCCCCCC. The number of unbranched alkanes of at least 4 members (excludes halogenated alkanes) is 18. The first-order valence-electron chi connectivity index (χ1n) is 14.9. The predicted molar refractivity (Wildman–Crippen MR) is 145 cm³/mol. The third kappa shape index (κ3) is 14.5. The molecule has 0 saturated heterocycles. The summed E-state index contributed by atoms with van der Waals surface area (Å²) in [5.41, 5.74) is 0. The zero-order valence-corrected chi connectivity index (χ0v) is 22.8. The van der Waals surface area contributed by atoms with Crippen LogP contribution in [0.4, 0.5) is 0 Å². The number of nitrogens with zero attached hydrogens (tertiary/aromatic N) is 2. The van der Waals surface area contributed by atoms with Gasteiger partial charge in [-0.3, -0.25) is 0 Å². The molecule has 0 aliphatic carbocycles. The Labute approximate surface area is 203 Å². The highest BCUT2D eigenvalue weighted by Gasteiger charge is 2.26. The monoisotopic (exact) mass is 448 g/mol. The van der Waals surface area contributed by atoms with Crippen LogP contribution in [-0.4, -0.2) is 28.6 Å². The van der Waals surface area contributed by atoms with Crippen molar-refractivity contribution in [1.29, 1.82) is 0 Å². The van der Waals surface area contributed by atoms with E-state index in [-0.39, 0.29) is 0 Å². The van der Waals surface area contributed by atoms with Crippen LogP contribution < -0.4 is 0 Å².